The third-order valence-electron chi connectivity index (χ3n) is 7.72. The Morgan fingerprint density at radius 1 is 1.29 bits per heavy atom. The number of alkyl halides is 3. The Balaban J connectivity index is 1.35. The molecule has 3 aromatic rings. The van der Waals surface area contributed by atoms with Crippen LogP contribution in [-0.4, -0.2) is 63.7 Å². The zero-order valence-electron chi connectivity index (χ0n) is 22.6. The second-order valence-corrected chi connectivity index (χ2v) is 10.8. The van der Waals surface area contributed by atoms with Crippen LogP contribution in [0.2, 0.25) is 0 Å². The molecule has 1 fully saturated rings. The molecule has 13 heteroatoms. The van der Waals surface area contributed by atoms with Crippen LogP contribution in [0.25, 0.3) is 5.82 Å². The summed E-state index contributed by atoms with van der Waals surface area (Å²) in [5.74, 6) is -0.643. The number of pyridine rings is 1. The van der Waals surface area contributed by atoms with Gasteiger partial charge in [-0.05, 0) is 55.5 Å². The summed E-state index contributed by atoms with van der Waals surface area (Å²) < 4.78 is 43.7. The predicted octanol–water partition coefficient (Wildman–Crippen LogP) is 3.26. The number of benzene rings is 1. The molecule has 1 aliphatic heterocycles. The van der Waals surface area contributed by atoms with Gasteiger partial charge in [0, 0.05) is 30.6 Å². The number of rotatable bonds is 10. The molecule has 1 unspecified atom stereocenters. The van der Waals surface area contributed by atoms with Crippen molar-refractivity contribution in [2.75, 3.05) is 19.8 Å². The summed E-state index contributed by atoms with van der Waals surface area (Å²) in [5.41, 5.74) is 1.24. The molecule has 5 rings (SSSR count). The van der Waals surface area contributed by atoms with Gasteiger partial charge in [-0.3, -0.25) is 9.59 Å². The van der Waals surface area contributed by atoms with E-state index in [1.807, 2.05) is 6.07 Å². The van der Waals surface area contributed by atoms with Gasteiger partial charge in [0.25, 0.3) is 11.8 Å². The molecule has 0 bridgehead atoms. The first-order chi connectivity index (χ1) is 20.1. The van der Waals surface area contributed by atoms with Gasteiger partial charge in [-0.15, -0.1) is 0 Å². The van der Waals surface area contributed by atoms with Crippen molar-refractivity contribution in [1.29, 1.82) is 5.26 Å². The van der Waals surface area contributed by atoms with E-state index in [1.165, 1.54) is 35.1 Å². The molecule has 0 saturated heterocycles. The van der Waals surface area contributed by atoms with Gasteiger partial charge < -0.3 is 20.5 Å². The number of amides is 2. The van der Waals surface area contributed by atoms with Crippen LogP contribution in [-0.2, 0) is 12.8 Å². The average molecular weight is 583 g/mol. The number of hydrogen-bond acceptors (Lipinski definition) is 7. The van der Waals surface area contributed by atoms with E-state index >= 15 is 0 Å². The van der Waals surface area contributed by atoms with Crippen molar-refractivity contribution in [2.24, 2.45) is 5.41 Å². The third kappa shape index (κ3) is 6.38. The lowest BCUT2D eigenvalue weighted by Gasteiger charge is -2.40. The van der Waals surface area contributed by atoms with Gasteiger partial charge in [0.15, 0.2) is 12.4 Å². The quantitative estimate of drug-likeness (QED) is 0.333. The van der Waals surface area contributed by atoms with Crippen molar-refractivity contribution in [3.05, 3.63) is 70.7 Å². The Morgan fingerprint density at radius 2 is 2.10 bits per heavy atom. The number of aromatic nitrogens is 3. The minimum Gasteiger partial charge on any atom is -0.484 e. The van der Waals surface area contributed by atoms with E-state index in [0.29, 0.717) is 30.5 Å². The molecule has 1 aromatic carbocycles. The highest BCUT2D eigenvalue weighted by Gasteiger charge is 2.39. The smallest absolute Gasteiger partial charge is 0.422 e. The van der Waals surface area contributed by atoms with E-state index in [4.69, 9.17) is 10.00 Å². The maximum Gasteiger partial charge on any atom is 0.422 e. The summed E-state index contributed by atoms with van der Waals surface area (Å²) in [5, 5.41) is 29.3. The molecular weight excluding hydrogens is 553 g/mol. The SMILES string of the molecule is N#Cc1ccc(-n2nc3c(c2C(=O)NCC2(CO)CCC2)C(=O)NC(CCc2cccc(OCC(F)(F)F)c2)C3)nc1. The fourth-order valence-corrected chi connectivity index (χ4v) is 5.23. The number of hydrogen-bond donors (Lipinski definition) is 3. The van der Waals surface area contributed by atoms with Crippen LogP contribution in [0, 0.1) is 16.7 Å². The molecule has 1 saturated carbocycles. The number of nitriles is 1. The Morgan fingerprint density at radius 3 is 2.74 bits per heavy atom. The number of carbonyl (C=O) groups excluding carboxylic acids is 2. The molecule has 0 radical (unpaired) electrons. The molecule has 2 aromatic heterocycles. The minimum atomic E-state index is -4.44. The molecule has 42 heavy (non-hydrogen) atoms. The van der Waals surface area contributed by atoms with Gasteiger partial charge in [-0.1, -0.05) is 18.6 Å². The van der Waals surface area contributed by atoms with E-state index in [9.17, 15) is 27.9 Å². The van der Waals surface area contributed by atoms with Crippen LogP contribution < -0.4 is 15.4 Å². The first-order valence-corrected chi connectivity index (χ1v) is 13.6. The van der Waals surface area contributed by atoms with E-state index in [1.54, 1.807) is 12.1 Å². The van der Waals surface area contributed by atoms with Crippen molar-refractivity contribution < 1.29 is 32.6 Å². The number of aliphatic hydroxyl groups excluding tert-OH is 1. The molecule has 1 atom stereocenters. The number of nitrogens with one attached hydrogen (secondary N) is 2. The Kier molecular flexibility index (Phi) is 8.17. The minimum absolute atomic E-state index is 0.0140. The Labute approximate surface area is 239 Å². The zero-order valence-corrected chi connectivity index (χ0v) is 22.6. The Bertz CT molecular complexity index is 1500. The van der Waals surface area contributed by atoms with Crippen molar-refractivity contribution in [3.8, 4) is 17.6 Å². The number of halogens is 3. The molecular formula is C29H29F3N6O4. The van der Waals surface area contributed by atoms with Crippen LogP contribution in [0.5, 0.6) is 5.75 Å². The standard InChI is InChI=1S/C29H29F3N6O4/c30-29(31,32)17-42-21-4-1-3-18(11-21)5-7-20-12-22-24(26(40)36-20)25(27(41)35-15-28(16-39)9-2-10-28)38(37-22)23-8-6-19(13-33)14-34-23/h1,3-4,6,8,11,14,20,39H,2,5,7,9-10,12,15-17H2,(H,35,41)(H,36,40). The number of ether oxygens (including phenoxy) is 1. The summed E-state index contributed by atoms with van der Waals surface area (Å²) in [6, 6.07) is 11.1. The summed E-state index contributed by atoms with van der Waals surface area (Å²) in [6.07, 6.45) is 0.694. The summed E-state index contributed by atoms with van der Waals surface area (Å²) >= 11 is 0. The van der Waals surface area contributed by atoms with Crippen LogP contribution in [0.1, 0.15) is 63.4 Å². The average Bonchev–Trinajstić information content (AvgIpc) is 3.35. The van der Waals surface area contributed by atoms with Gasteiger partial charge in [-0.25, -0.2) is 9.67 Å². The largest absolute Gasteiger partial charge is 0.484 e. The fourth-order valence-electron chi connectivity index (χ4n) is 5.23. The van der Waals surface area contributed by atoms with Crippen molar-refractivity contribution >= 4 is 11.8 Å². The molecule has 2 aliphatic rings. The topological polar surface area (TPSA) is 142 Å². The monoisotopic (exact) mass is 582 g/mol. The second kappa shape index (κ2) is 11.8. The van der Waals surface area contributed by atoms with Crippen molar-refractivity contribution in [3.63, 3.8) is 0 Å². The van der Waals surface area contributed by atoms with Gasteiger partial charge >= 0.3 is 6.18 Å². The van der Waals surface area contributed by atoms with Crippen LogP contribution >= 0.6 is 0 Å². The third-order valence-corrected chi connectivity index (χ3v) is 7.72. The highest BCUT2D eigenvalue weighted by molar-refractivity contribution is 6.08. The first-order valence-electron chi connectivity index (χ1n) is 13.6. The van der Waals surface area contributed by atoms with E-state index in [2.05, 4.69) is 20.7 Å². The van der Waals surface area contributed by atoms with Crippen LogP contribution in [0.3, 0.4) is 0 Å². The molecule has 10 nitrogen and oxygen atoms in total. The number of aryl methyl sites for hydroxylation is 1. The summed E-state index contributed by atoms with van der Waals surface area (Å²) in [7, 11) is 0. The molecule has 2 amide bonds. The maximum absolute atomic E-state index is 13.5. The molecule has 3 N–H and O–H groups in total. The number of carbonyl (C=O) groups is 2. The first kappa shape index (κ1) is 29.1. The fraction of sp³-hybridized carbons (Fsp3) is 0.414. The van der Waals surface area contributed by atoms with Crippen molar-refractivity contribution in [1.82, 2.24) is 25.4 Å². The molecule has 3 heterocycles. The summed E-state index contributed by atoms with van der Waals surface area (Å²) in [4.78, 5) is 31.1. The number of aliphatic hydroxyl groups is 1. The highest BCUT2D eigenvalue weighted by Crippen LogP contribution is 2.39. The number of nitrogens with zero attached hydrogens (tertiary/aromatic N) is 4. The lowest BCUT2D eigenvalue weighted by atomic mass is 9.69. The lowest BCUT2D eigenvalue weighted by Crippen LogP contribution is -2.46. The second-order valence-electron chi connectivity index (χ2n) is 10.8. The van der Waals surface area contributed by atoms with Gasteiger partial charge in [-0.2, -0.15) is 23.5 Å². The van der Waals surface area contributed by atoms with Gasteiger partial charge in [0.05, 0.1) is 23.4 Å². The van der Waals surface area contributed by atoms with E-state index in [-0.39, 0.29) is 47.4 Å². The number of fused-ring (bicyclic) bond motifs is 1. The molecule has 0 spiro atoms. The molecule has 1 aliphatic carbocycles. The Hall–Kier alpha value is -4.44. The van der Waals surface area contributed by atoms with Crippen LogP contribution in [0.4, 0.5) is 13.2 Å². The van der Waals surface area contributed by atoms with Gasteiger partial charge in [0.2, 0.25) is 0 Å². The van der Waals surface area contributed by atoms with Gasteiger partial charge in [0.1, 0.15) is 17.5 Å². The molecule has 220 valence electrons. The highest BCUT2D eigenvalue weighted by atomic mass is 19.4. The van der Waals surface area contributed by atoms with E-state index < -0.39 is 24.6 Å². The van der Waals surface area contributed by atoms with E-state index in [0.717, 1.165) is 24.8 Å². The summed E-state index contributed by atoms with van der Waals surface area (Å²) in [6.45, 7) is -1.19. The normalized spacial score (nSPS) is 17.4. The lowest BCUT2D eigenvalue weighted by molar-refractivity contribution is -0.153. The maximum atomic E-state index is 13.5. The van der Waals surface area contributed by atoms with Crippen molar-refractivity contribution in [2.45, 2.75) is 50.7 Å². The van der Waals surface area contributed by atoms with Crippen LogP contribution in [0.15, 0.2) is 42.6 Å². The zero-order chi connectivity index (χ0) is 29.9. The predicted molar refractivity (Wildman–Crippen MR) is 143 cm³/mol.